The summed E-state index contributed by atoms with van der Waals surface area (Å²) >= 11 is 0. The minimum absolute atomic E-state index is 0.0340. The van der Waals surface area contributed by atoms with Crippen LogP contribution in [0.25, 0.3) is 0 Å². The zero-order valence-corrected chi connectivity index (χ0v) is 17.3. The second-order valence-corrected chi connectivity index (χ2v) is 6.91. The predicted molar refractivity (Wildman–Crippen MR) is 115 cm³/mol. The number of benzene rings is 2. The summed E-state index contributed by atoms with van der Waals surface area (Å²) in [4.78, 5) is 39.5. The van der Waals surface area contributed by atoms with E-state index in [1.807, 2.05) is 42.5 Å². The molecule has 3 amide bonds. The highest BCUT2D eigenvalue weighted by Crippen LogP contribution is 2.17. The number of rotatable bonds is 9. The fourth-order valence-corrected chi connectivity index (χ4v) is 2.88. The van der Waals surface area contributed by atoms with Crippen LogP contribution in [0.2, 0.25) is 0 Å². The first-order valence-electron chi connectivity index (χ1n) is 9.73. The Kier molecular flexibility index (Phi) is 8.57. The highest BCUT2D eigenvalue weighted by molar-refractivity contribution is 5.98. The lowest BCUT2D eigenvalue weighted by Crippen LogP contribution is -2.32. The second-order valence-electron chi connectivity index (χ2n) is 6.91. The Morgan fingerprint density at radius 1 is 1.03 bits per heavy atom. The molecule has 0 fully saturated rings. The van der Waals surface area contributed by atoms with Gasteiger partial charge in [-0.1, -0.05) is 30.3 Å². The van der Waals surface area contributed by atoms with Crippen molar-refractivity contribution >= 4 is 29.1 Å². The fourth-order valence-electron chi connectivity index (χ4n) is 2.88. The van der Waals surface area contributed by atoms with Crippen molar-refractivity contribution in [1.82, 2.24) is 4.90 Å². The Morgan fingerprint density at radius 2 is 1.77 bits per heavy atom. The summed E-state index contributed by atoms with van der Waals surface area (Å²) in [6, 6.07) is 18.4. The number of carbonyl (C=O) groups excluding carboxylic acids is 3. The number of amides is 3. The maximum absolute atomic E-state index is 12.6. The van der Waals surface area contributed by atoms with Gasteiger partial charge in [-0.15, -0.1) is 0 Å². The quantitative estimate of drug-likeness (QED) is 0.691. The molecule has 0 aliphatic carbocycles. The van der Waals surface area contributed by atoms with E-state index in [4.69, 9.17) is 5.26 Å². The molecular weight excluding hydrogens is 380 g/mol. The molecule has 30 heavy (non-hydrogen) atoms. The topological polar surface area (TPSA) is 93.5 Å². The smallest absolute Gasteiger partial charge is 0.227 e. The molecule has 0 saturated heterocycles. The van der Waals surface area contributed by atoms with Crippen molar-refractivity contribution in [3.8, 4) is 6.07 Å². The van der Waals surface area contributed by atoms with Gasteiger partial charge in [-0.3, -0.25) is 14.4 Å². The predicted octanol–water partition coefficient (Wildman–Crippen LogP) is 3.33. The minimum Gasteiger partial charge on any atom is -0.342 e. The third kappa shape index (κ3) is 7.06. The van der Waals surface area contributed by atoms with Gasteiger partial charge in [0.05, 0.1) is 12.5 Å². The average molecular weight is 406 g/mol. The summed E-state index contributed by atoms with van der Waals surface area (Å²) in [5.74, 6) is -0.514. The van der Waals surface area contributed by atoms with Crippen LogP contribution in [0.3, 0.4) is 0 Å². The number of nitrogens with one attached hydrogen (secondary N) is 1. The number of nitrogens with zero attached hydrogens (tertiary/aromatic N) is 3. The first-order chi connectivity index (χ1) is 14.4. The molecule has 0 aromatic heterocycles. The van der Waals surface area contributed by atoms with E-state index in [1.54, 1.807) is 30.1 Å². The first kappa shape index (κ1) is 22.6. The fraction of sp³-hybridized carbons (Fsp3) is 0.304. The third-order valence-electron chi connectivity index (χ3n) is 4.55. The van der Waals surface area contributed by atoms with Gasteiger partial charge in [-0.05, 0) is 29.8 Å². The number of para-hydroxylation sites is 1. The van der Waals surface area contributed by atoms with E-state index in [0.717, 1.165) is 5.56 Å². The molecule has 0 saturated carbocycles. The van der Waals surface area contributed by atoms with Crippen LogP contribution in [0.4, 0.5) is 11.4 Å². The van der Waals surface area contributed by atoms with Crippen LogP contribution in [0.5, 0.6) is 0 Å². The van der Waals surface area contributed by atoms with Crippen molar-refractivity contribution < 1.29 is 14.4 Å². The molecule has 0 atom stereocenters. The van der Waals surface area contributed by atoms with Crippen LogP contribution in [-0.4, -0.2) is 36.2 Å². The van der Waals surface area contributed by atoms with Crippen molar-refractivity contribution in [2.24, 2.45) is 0 Å². The number of hydrogen-bond acceptors (Lipinski definition) is 4. The van der Waals surface area contributed by atoms with Crippen LogP contribution < -0.4 is 10.2 Å². The Labute approximate surface area is 176 Å². The Bertz CT molecular complexity index is 922. The van der Waals surface area contributed by atoms with Gasteiger partial charge in [0.25, 0.3) is 0 Å². The summed E-state index contributed by atoms with van der Waals surface area (Å²) < 4.78 is 0. The van der Waals surface area contributed by atoms with Gasteiger partial charge >= 0.3 is 0 Å². The molecule has 7 heteroatoms. The third-order valence-corrected chi connectivity index (χ3v) is 4.55. The first-order valence-corrected chi connectivity index (χ1v) is 9.73. The highest BCUT2D eigenvalue weighted by atomic mass is 16.2. The molecule has 0 radical (unpaired) electrons. The van der Waals surface area contributed by atoms with Crippen LogP contribution in [0.1, 0.15) is 31.7 Å². The van der Waals surface area contributed by atoms with Gasteiger partial charge in [0, 0.05) is 51.3 Å². The lowest BCUT2D eigenvalue weighted by Gasteiger charge is -2.21. The monoisotopic (exact) mass is 406 g/mol. The molecule has 0 unspecified atom stereocenters. The highest BCUT2D eigenvalue weighted by Gasteiger charge is 2.17. The van der Waals surface area contributed by atoms with Gasteiger partial charge in [0.15, 0.2) is 0 Å². The molecule has 0 aliphatic rings. The van der Waals surface area contributed by atoms with Crippen LogP contribution in [-0.2, 0) is 20.9 Å². The summed E-state index contributed by atoms with van der Waals surface area (Å²) in [6.45, 7) is 2.23. The maximum atomic E-state index is 12.6. The van der Waals surface area contributed by atoms with E-state index in [-0.39, 0.29) is 43.5 Å². The molecule has 7 nitrogen and oxygen atoms in total. The Morgan fingerprint density at radius 3 is 2.43 bits per heavy atom. The largest absolute Gasteiger partial charge is 0.342 e. The number of hydrogen-bond donors (Lipinski definition) is 1. The van der Waals surface area contributed by atoms with Crippen LogP contribution in [0.15, 0.2) is 54.6 Å². The lowest BCUT2D eigenvalue weighted by atomic mass is 10.1. The lowest BCUT2D eigenvalue weighted by molar-refractivity contribution is -0.128. The number of anilines is 2. The van der Waals surface area contributed by atoms with Crippen LogP contribution in [0, 0.1) is 11.3 Å². The molecule has 0 heterocycles. The van der Waals surface area contributed by atoms with Crippen molar-refractivity contribution in [3.05, 3.63) is 60.2 Å². The van der Waals surface area contributed by atoms with Crippen molar-refractivity contribution in [2.45, 2.75) is 32.7 Å². The average Bonchev–Trinajstić information content (AvgIpc) is 2.73. The molecular formula is C23H26N4O3. The van der Waals surface area contributed by atoms with E-state index in [9.17, 15) is 14.4 Å². The van der Waals surface area contributed by atoms with E-state index < -0.39 is 0 Å². The van der Waals surface area contributed by atoms with Gasteiger partial charge in [0.1, 0.15) is 0 Å². The zero-order chi connectivity index (χ0) is 21.9. The van der Waals surface area contributed by atoms with Gasteiger partial charge in [-0.25, -0.2) is 0 Å². The number of nitriles is 1. The summed E-state index contributed by atoms with van der Waals surface area (Å²) in [5, 5.41) is 11.7. The van der Waals surface area contributed by atoms with Gasteiger partial charge in [0.2, 0.25) is 17.7 Å². The number of carbonyl (C=O) groups is 3. The van der Waals surface area contributed by atoms with E-state index in [0.29, 0.717) is 17.9 Å². The molecule has 2 aromatic carbocycles. The molecule has 0 aliphatic heterocycles. The normalized spacial score (nSPS) is 10.0. The molecule has 2 aromatic rings. The molecule has 0 bridgehead atoms. The molecule has 156 valence electrons. The van der Waals surface area contributed by atoms with Crippen molar-refractivity contribution in [3.63, 3.8) is 0 Å². The zero-order valence-electron chi connectivity index (χ0n) is 17.3. The SMILES string of the molecule is CC(=O)N(C)Cc1cccc(NC(=O)CCC(=O)N(CCC#N)c2ccccc2)c1. The van der Waals surface area contributed by atoms with Crippen molar-refractivity contribution in [2.75, 3.05) is 23.8 Å². The van der Waals surface area contributed by atoms with E-state index in [1.165, 1.54) is 11.8 Å². The molecule has 0 spiro atoms. The molecule has 2 rings (SSSR count). The van der Waals surface area contributed by atoms with Gasteiger partial charge < -0.3 is 15.1 Å². The van der Waals surface area contributed by atoms with Crippen molar-refractivity contribution in [1.29, 1.82) is 5.26 Å². The Balaban J connectivity index is 1.94. The minimum atomic E-state index is -0.270. The molecule has 1 N–H and O–H groups in total. The standard InChI is InChI=1S/C23H26N4O3/c1-18(28)26(2)17-19-8-6-9-20(16-19)25-22(29)12-13-23(30)27(15-7-14-24)21-10-4-3-5-11-21/h3-6,8-11,16H,7,12-13,15,17H2,1-2H3,(H,25,29). The van der Waals surface area contributed by atoms with Gasteiger partial charge in [-0.2, -0.15) is 5.26 Å². The summed E-state index contributed by atoms with van der Waals surface area (Å²) in [7, 11) is 1.71. The van der Waals surface area contributed by atoms with Crippen LogP contribution >= 0.6 is 0 Å². The summed E-state index contributed by atoms with van der Waals surface area (Å²) in [6.07, 6.45) is 0.291. The Hall–Kier alpha value is -3.66. The maximum Gasteiger partial charge on any atom is 0.227 e. The van der Waals surface area contributed by atoms with E-state index >= 15 is 0 Å². The second kappa shape index (κ2) is 11.4. The van der Waals surface area contributed by atoms with E-state index in [2.05, 4.69) is 5.32 Å². The summed E-state index contributed by atoms with van der Waals surface area (Å²) in [5.41, 5.74) is 2.22.